The first kappa shape index (κ1) is 14.1. The van der Waals surface area contributed by atoms with Crippen molar-refractivity contribution < 1.29 is 4.79 Å². The molecule has 3 rings (SSSR count). The van der Waals surface area contributed by atoms with Gasteiger partial charge in [0.25, 0.3) is 0 Å². The second-order valence-corrected chi connectivity index (χ2v) is 5.60. The predicted octanol–water partition coefficient (Wildman–Crippen LogP) is 3.91. The third-order valence-corrected chi connectivity index (χ3v) is 3.66. The highest BCUT2D eigenvalue weighted by Gasteiger charge is 2.22. The van der Waals surface area contributed by atoms with Gasteiger partial charge in [0, 0.05) is 17.3 Å². The number of hydrogen-bond donors (Lipinski definition) is 2. The minimum absolute atomic E-state index is 0.404. The number of halogens is 2. The summed E-state index contributed by atoms with van der Waals surface area (Å²) in [6.07, 6.45) is 4.50. The van der Waals surface area contributed by atoms with E-state index in [-0.39, 0.29) is 0 Å². The van der Waals surface area contributed by atoms with E-state index in [1.54, 1.807) is 18.2 Å². The number of benzene rings is 1. The topological polar surface area (TPSA) is 66.9 Å². The summed E-state index contributed by atoms with van der Waals surface area (Å²) in [6.45, 7) is 0. The molecule has 0 radical (unpaired) electrons. The van der Waals surface area contributed by atoms with E-state index in [0.29, 0.717) is 45.4 Å². The molecule has 1 saturated carbocycles. The fourth-order valence-corrected chi connectivity index (χ4v) is 2.10. The molecule has 2 N–H and O–H groups in total. The summed E-state index contributed by atoms with van der Waals surface area (Å²) in [6, 6.07) is 5.48. The Kier molecular flexibility index (Phi) is 3.94. The van der Waals surface area contributed by atoms with E-state index >= 15 is 0 Å². The Bertz CT molecular complexity index is 689. The van der Waals surface area contributed by atoms with E-state index in [1.165, 1.54) is 6.20 Å². The van der Waals surface area contributed by atoms with Crippen LogP contribution in [0.5, 0.6) is 0 Å². The number of anilines is 3. The van der Waals surface area contributed by atoms with Gasteiger partial charge in [0.15, 0.2) is 12.1 Å². The number of aldehydes is 1. The van der Waals surface area contributed by atoms with Crippen LogP contribution in [-0.4, -0.2) is 22.3 Å². The van der Waals surface area contributed by atoms with Gasteiger partial charge in [-0.1, -0.05) is 23.2 Å². The summed E-state index contributed by atoms with van der Waals surface area (Å²) < 4.78 is 0. The smallest absolute Gasteiger partial charge is 0.229 e. The molecule has 0 amide bonds. The summed E-state index contributed by atoms with van der Waals surface area (Å²) in [5.74, 6) is 1.02. The molecule has 1 aliphatic rings. The largest absolute Gasteiger partial charge is 0.366 e. The molecule has 0 spiro atoms. The lowest BCUT2D eigenvalue weighted by Crippen LogP contribution is -2.06. The van der Waals surface area contributed by atoms with Gasteiger partial charge in [0.1, 0.15) is 5.02 Å². The van der Waals surface area contributed by atoms with Crippen molar-refractivity contribution >= 4 is 46.9 Å². The first-order valence-corrected chi connectivity index (χ1v) is 7.22. The van der Waals surface area contributed by atoms with Crippen LogP contribution in [0.4, 0.5) is 17.5 Å². The average molecular weight is 323 g/mol. The molecule has 0 atom stereocenters. The molecule has 7 heteroatoms. The predicted molar refractivity (Wildman–Crippen MR) is 83.8 cm³/mol. The maximum atomic E-state index is 10.9. The molecule has 0 saturated heterocycles. The van der Waals surface area contributed by atoms with Crippen LogP contribution in [0.25, 0.3) is 0 Å². The molecule has 108 valence electrons. The van der Waals surface area contributed by atoms with Crippen molar-refractivity contribution in [3.63, 3.8) is 0 Å². The van der Waals surface area contributed by atoms with Crippen LogP contribution in [0.15, 0.2) is 24.4 Å². The van der Waals surface area contributed by atoms with Gasteiger partial charge < -0.3 is 10.6 Å². The van der Waals surface area contributed by atoms with Crippen LogP contribution in [0.3, 0.4) is 0 Å². The first-order valence-electron chi connectivity index (χ1n) is 6.46. The van der Waals surface area contributed by atoms with Gasteiger partial charge in [0.05, 0.1) is 11.2 Å². The summed E-state index contributed by atoms with van der Waals surface area (Å²) in [5, 5.41) is 7.16. The van der Waals surface area contributed by atoms with Crippen molar-refractivity contribution in [1.82, 2.24) is 9.97 Å². The monoisotopic (exact) mass is 322 g/mol. The van der Waals surface area contributed by atoms with Gasteiger partial charge in [-0.05, 0) is 31.0 Å². The zero-order valence-electron chi connectivity index (χ0n) is 10.9. The van der Waals surface area contributed by atoms with Crippen LogP contribution in [0.2, 0.25) is 10.0 Å². The highest BCUT2D eigenvalue weighted by molar-refractivity contribution is 6.33. The lowest BCUT2D eigenvalue weighted by Gasteiger charge is -2.10. The highest BCUT2D eigenvalue weighted by atomic mass is 35.5. The second-order valence-electron chi connectivity index (χ2n) is 4.79. The van der Waals surface area contributed by atoms with Crippen LogP contribution in [0, 0.1) is 0 Å². The van der Waals surface area contributed by atoms with E-state index in [0.717, 1.165) is 12.8 Å². The standard InChI is InChI=1S/C14H12Cl2N4O/c15-11-4-3-10(5-8(11)7-21)19-14-17-6-12(16)13(20-14)18-9-1-2-9/h3-7,9H,1-2H2,(H2,17,18,19,20). The van der Waals surface area contributed by atoms with E-state index in [4.69, 9.17) is 23.2 Å². The van der Waals surface area contributed by atoms with Crippen molar-refractivity contribution in [3.05, 3.63) is 40.0 Å². The van der Waals surface area contributed by atoms with Crippen molar-refractivity contribution in [2.24, 2.45) is 0 Å². The van der Waals surface area contributed by atoms with Gasteiger partial charge in [-0.15, -0.1) is 0 Å². The number of hydrogen-bond acceptors (Lipinski definition) is 5. The number of aromatic nitrogens is 2. The molecule has 2 aromatic rings. The van der Waals surface area contributed by atoms with E-state index < -0.39 is 0 Å². The summed E-state index contributed by atoms with van der Waals surface area (Å²) in [7, 11) is 0. The van der Waals surface area contributed by atoms with Gasteiger partial charge in [-0.25, -0.2) is 4.98 Å². The fourth-order valence-electron chi connectivity index (χ4n) is 1.79. The molecular weight excluding hydrogens is 311 g/mol. The third-order valence-electron chi connectivity index (χ3n) is 3.04. The molecule has 0 unspecified atom stereocenters. The summed E-state index contributed by atoms with van der Waals surface area (Å²) in [4.78, 5) is 19.4. The molecule has 0 bridgehead atoms. The maximum Gasteiger partial charge on any atom is 0.229 e. The van der Waals surface area contributed by atoms with Crippen LogP contribution in [-0.2, 0) is 0 Å². The van der Waals surface area contributed by atoms with E-state index in [2.05, 4.69) is 20.6 Å². The van der Waals surface area contributed by atoms with Gasteiger partial charge in [-0.3, -0.25) is 4.79 Å². The summed E-state index contributed by atoms with van der Waals surface area (Å²) >= 11 is 12.0. The zero-order chi connectivity index (χ0) is 14.8. The Morgan fingerprint density at radius 3 is 2.76 bits per heavy atom. The van der Waals surface area contributed by atoms with Crippen molar-refractivity contribution in [3.8, 4) is 0 Å². The van der Waals surface area contributed by atoms with Gasteiger partial charge in [0.2, 0.25) is 5.95 Å². The van der Waals surface area contributed by atoms with E-state index in [9.17, 15) is 4.79 Å². The van der Waals surface area contributed by atoms with E-state index in [1.807, 2.05) is 0 Å². The Hall–Kier alpha value is -1.85. The van der Waals surface area contributed by atoms with Crippen molar-refractivity contribution in [2.75, 3.05) is 10.6 Å². The maximum absolute atomic E-state index is 10.9. The molecule has 21 heavy (non-hydrogen) atoms. The van der Waals surface area contributed by atoms with Crippen molar-refractivity contribution in [2.45, 2.75) is 18.9 Å². The molecule has 1 aliphatic carbocycles. The Labute approximate surface area is 131 Å². The fraction of sp³-hybridized carbons (Fsp3) is 0.214. The molecular formula is C14H12Cl2N4O. The Morgan fingerprint density at radius 2 is 2.05 bits per heavy atom. The van der Waals surface area contributed by atoms with Crippen molar-refractivity contribution in [1.29, 1.82) is 0 Å². The number of carbonyl (C=O) groups is 1. The minimum Gasteiger partial charge on any atom is -0.366 e. The quantitative estimate of drug-likeness (QED) is 0.817. The number of nitrogens with one attached hydrogen (secondary N) is 2. The Balaban J connectivity index is 1.82. The minimum atomic E-state index is 0.404. The molecule has 1 heterocycles. The Morgan fingerprint density at radius 1 is 1.24 bits per heavy atom. The number of carbonyl (C=O) groups excluding carboxylic acids is 1. The normalized spacial score (nSPS) is 13.8. The second kappa shape index (κ2) is 5.87. The number of rotatable bonds is 5. The van der Waals surface area contributed by atoms with Crippen LogP contribution in [0.1, 0.15) is 23.2 Å². The zero-order valence-corrected chi connectivity index (χ0v) is 12.4. The molecule has 1 fully saturated rings. The third kappa shape index (κ3) is 3.43. The molecule has 1 aromatic carbocycles. The van der Waals surface area contributed by atoms with Gasteiger partial charge in [-0.2, -0.15) is 4.98 Å². The SMILES string of the molecule is O=Cc1cc(Nc2ncc(Cl)c(NC3CC3)n2)ccc1Cl. The molecule has 5 nitrogen and oxygen atoms in total. The average Bonchev–Trinajstić information content (AvgIpc) is 3.28. The number of nitrogens with zero attached hydrogens (tertiary/aromatic N) is 2. The van der Waals surface area contributed by atoms with Crippen LogP contribution >= 0.6 is 23.2 Å². The van der Waals surface area contributed by atoms with Crippen LogP contribution < -0.4 is 10.6 Å². The summed E-state index contributed by atoms with van der Waals surface area (Å²) in [5.41, 5.74) is 1.09. The molecule has 0 aliphatic heterocycles. The lowest BCUT2D eigenvalue weighted by molar-refractivity contribution is 0.112. The molecule has 1 aromatic heterocycles. The first-order chi connectivity index (χ1) is 10.2. The van der Waals surface area contributed by atoms with Gasteiger partial charge >= 0.3 is 0 Å². The lowest BCUT2D eigenvalue weighted by atomic mass is 10.2. The highest BCUT2D eigenvalue weighted by Crippen LogP contribution is 2.29.